The first-order chi connectivity index (χ1) is 11.6. The lowest BCUT2D eigenvalue weighted by Crippen LogP contribution is -2.46. The number of hydrogen-bond acceptors (Lipinski definition) is 5. The summed E-state index contributed by atoms with van der Waals surface area (Å²) in [6, 6.07) is 3.29. The van der Waals surface area contributed by atoms with Crippen molar-refractivity contribution in [2.75, 3.05) is 19.0 Å². The second kappa shape index (κ2) is 7.49. The Bertz CT molecular complexity index is 608. The van der Waals surface area contributed by atoms with Crippen molar-refractivity contribution < 1.29 is 14.3 Å². The number of rotatable bonds is 4. The summed E-state index contributed by atoms with van der Waals surface area (Å²) in [6.45, 7) is 0.172. The molecule has 1 saturated heterocycles. The molecule has 1 aliphatic heterocycles. The summed E-state index contributed by atoms with van der Waals surface area (Å²) in [5.41, 5.74) is 0. The molecule has 3 rings (SSSR count). The molecule has 2 heterocycles. The number of amides is 1. The minimum atomic E-state index is -0.327. The van der Waals surface area contributed by atoms with Crippen LogP contribution in [0.1, 0.15) is 32.1 Å². The molecular weight excluding hydrogens is 330 g/mol. The lowest BCUT2D eigenvalue weighted by molar-refractivity contribution is -0.146. The standard InChI is InChI=1S/C17H22ClN3O3/c1-24-17(23)14-8-11-4-2-3-5-13(11)21(14)10-16(22)20-15-7-6-12(18)9-19-15/h6-7,9,11,13-14H,2-5,8,10H2,1H3,(H,19,20,22)/t11-,13-,14-/m0/s1. The van der Waals surface area contributed by atoms with E-state index in [-0.39, 0.29) is 30.5 Å². The quantitative estimate of drug-likeness (QED) is 0.844. The van der Waals surface area contributed by atoms with Gasteiger partial charge < -0.3 is 10.1 Å². The number of anilines is 1. The molecule has 7 heteroatoms. The largest absolute Gasteiger partial charge is 0.468 e. The molecule has 6 nitrogen and oxygen atoms in total. The number of pyridine rings is 1. The van der Waals surface area contributed by atoms with Crippen LogP contribution >= 0.6 is 11.6 Å². The number of nitrogens with zero attached hydrogens (tertiary/aromatic N) is 2. The molecule has 1 amide bonds. The maximum Gasteiger partial charge on any atom is 0.323 e. The number of carbonyl (C=O) groups is 2. The Balaban J connectivity index is 1.68. The molecule has 1 aromatic heterocycles. The molecule has 0 unspecified atom stereocenters. The summed E-state index contributed by atoms with van der Waals surface area (Å²) >= 11 is 5.80. The lowest BCUT2D eigenvalue weighted by Gasteiger charge is -2.32. The third-order valence-electron chi connectivity index (χ3n) is 5.02. The van der Waals surface area contributed by atoms with Crippen molar-refractivity contribution in [3.63, 3.8) is 0 Å². The van der Waals surface area contributed by atoms with E-state index in [1.54, 1.807) is 12.1 Å². The Kier molecular flexibility index (Phi) is 5.36. The highest BCUT2D eigenvalue weighted by Gasteiger charge is 2.46. The van der Waals surface area contributed by atoms with Gasteiger partial charge in [-0.05, 0) is 37.3 Å². The summed E-state index contributed by atoms with van der Waals surface area (Å²) in [7, 11) is 1.40. The van der Waals surface area contributed by atoms with E-state index in [2.05, 4.69) is 10.3 Å². The number of nitrogens with one attached hydrogen (secondary N) is 1. The van der Waals surface area contributed by atoms with Gasteiger partial charge in [-0.2, -0.15) is 0 Å². The van der Waals surface area contributed by atoms with E-state index >= 15 is 0 Å². The zero-order chi connectivity index (χ0) is 17.1. The average Bonchev–Trinajstić information content (AvgIpc) is 2.95. The minimum Gasteiger partial charge on any atom is -0.468 e. The summed E-state index contributed by atoms with van der Waals surface area (Å²) < 4.78 is 4.94. The molecule has 1 saturated carbocycles. The van der Waals surface area contributed by atoms with E-state index in [9.17, 15) is 9.59 Å². The van der Waals surface area contributed by atoms with Gasteiger partial charge in [-0.3, -0.25) is 14.5 Å². The van der Waals surface area contributed by atoms with Gasteiger partial charge in [0.15, 0.2) is 0 Å². The highest BCUT2D eigenvalue weighted by atomic mass is 35.5. The third-order valence-corrected chi connectivity index (χ3v) is 5.24. The monoisotopic (exact) mass is 351 g/mol. The first-order valence-electron chi connectivity index (χ1n) is 8.33. The number of fused-ring (bicyclic) bond motifs is 1. The maximum atomic E-state index is 12.4. The molecule has 1 aromatic rings. The van der Waals surface area contributed by atoms with Gasteiger partial charge in [0.2, 0.25) is 5.91 Å². The average molecular weight is 352 g/mol. The van der Waals surface area contributed by atoms with Gasteiger partial charge in [-0.15, -0.1) is 0 Å². The fraction of sp³-hybridized carbons (Fsp3) is 0.588. The predicted molar refractivity (Wildman–Crippen MR) is 90.7 cm³/mol. The van der Waals surface area contributed by atoms with Gasteiger partial charge in [0, 0.05) is 12.2 Å². The molecule has 0 aromatic carbocycles. The molecule has 1 aliphatic carbocycles. The van der Waals surface area contributed by atoms with Gasteiger partial charge in [0.1, 0.15) is 11.9 Å². The molecule has 0 bridgehead atoms. The Labute approximate surface area is 146 Å². The van der Waals surface area contributed by atoms with E-state index in [1.165, 1.54) is 19.7 Å². The lowest BCUT2D eigenvalue weighted by atomic mass is 9.85. The van der Waals surface area contributed by atoms with Crippen molar-refractivity contribution in [2.45, 2.75) is 44.2 Å². The number of hydrogen-bond donors (Lipinski definition) is 1. The number of methoxy groups -OCH3 is 1. The van der Waals surface area contributed by atoms with Crippen molar-refractivity contribution >= 4 is 29.3 Å². The van der Waals surface area contributed by atoms with E-state index in [4.69, 9.17) is 16.3 Å². The van der Waals surface area contributed by atoms with Gasteiger partial charge in [-0.1, -0.05) is 24.4 Å². The number of halogens is 1. The van der Waals surface area contributed by atoms with Crippen molar-refractivity contribution in [3.05, 3.63) is 23.4 Å². The van der Waals surface area contributed by atoms with Crippen molar-refractivity contribution in [1.29, 1.82) is 0 Å². The molecule has 2 fully saturated rings. The number of ether oxygens (including phenoxy) is 1. The molecule has 0 spiro atoms. The fourth-order valence-electron chi connectivity index (χ4n) is 3.95. The maximum absolute atomic E-state index is 12.4. The Hall–Kier alpha value is -1.66. The van der Waals surface area contributed by atoms with E-state index in [0.29, 0.717) is 16.8 Å². The van der Waals surface area contributed by atoms with E-state index in [0.717, 1.165) is 25.7 Å². The van der Waals surface area contributed by atoms with E-state index in [1.807, 2.05) is 4.90 Å². The van der Waals surface area contributed by atoms with Crippen LogP contribution in [0.5, 0.6) is 0 Å². The SMILES string of the molecule is COC(=O)[C@@H]1C[C@@H]2CCCC[C@@H]2N1CC(=O)Nc1ccc(Cl)cn1. The first-order valence-corrected chi connectivity index (χ1v) is 8.71. The van der Waals surface area contributed by atoms with Crippen LogP contribution in [0, 0.1) is 5.92 Å². The second-order valence-electron chi connectivity index (χ2n) is 6.47. The third kappa shape index (κ3) is 3.70. The van der Waals surface area contributed by atoms with Crippen LogP contribution < -0.4 is 5.32 Å². The second-order valence-corrected chi connectivity index (χ2v) is 6.91. The van der Waals surface area contributed by atoms with Gasteiger partial charge in [0.05, 0.1) is 18.7 Å². The van der Waals surface area contributed by atoms with Crippen LogP contribution in [0.2, 0.25) is 5.02 Å². The molecular formula is C17H22ClN3O3. The van der Waals surface area contributed by atoms with Crippen molar-refractivity contribution in [2.24, 2.45) is 5.92 Å². The van der Waals surface area contributed by atoms with Crippen LogP contribution in [0.4, 0.5) is 5.82 Å². The summed E-state index contributed by atoms with van der Waals surface area (Å²) in [5, 5.41) is 3.28. The van der Waals surface area contributed by atoms with Crippen LogP contribution in [-0.2, 0) is 14.3 Å². The Morgan fingerprint density at radius 3 is 2.88 bits per heavy atom. The van der Waals surface area contributed by atoms with Crippen molar-refractivity contribution in [3.8, 4) is 0 Å². The zero-order valence-electron chi connectivity index (χ0n) is 13.7. The van der Waals surface area contributed by atoms with Crippen LogP contribution in [0.25, 0.3) is 0 Å². The summed E-state index contributed by atoms with van der Waals surface area (Å²) in [6.07, 6.45) is 6.76. The van der Waals surface area contributed by atoms with Crippen LogP contribution in [-0.4, -0.2) is 47.5 Å². The highest BCUT2D eigenvalue weighted by Crippen LogP contribution is 2.39. The summed E-state index contributed by atoms with van der Waals surface area (Å²) in [5.74, 6) is 0.509. The highest BCUT2D eigenvalue weighted by molar-refractivity contribution is 6.30. The molecule has 0 radical (unpaired) electrons. The number of carbonyl (C=O) groups excluding carboxylic acids is 2. The van der Waals surface area contributed by atoms with Crippen LogP contribution in [0.3, 0.4) is 0 Å². The molecule has 1 N–H and O–H groups in total. The first kappa shape index (κ1) is 17.2. The smallest absolute Gasteiger partial charge is 0.323 e. The fourth-order valence-corrected chi connectivity index (χ4v) is 4.06. The number of aromatic nitrogens is 1. The van der Waals surface area contributed by atoms with E-state index < -0.39 is 0 Å². The molecule has 3 atom stereocenters. The predicted octanol–water partition coefficient (Wildman–Crippen LogP) is 2.48. The van der Waals surface area contributed by atoms with Gasteiger partial charge >= 0.3 is 5.97 Å². The number of esters is 1. The molecule has 24 heavy (non-hydrogen) atoms. The zero-order valence-corrected chi connectivity index (χ0v) is 14.5. The topological polar surface area (TPSA) is 71.5 Å². The summed E-state index contributed by atoms with van der Waals surface area (Å²) in [4.78, 5) is 30.6. The molecule has 130 valence electrons. The van der Waals surface area contributed by atoms with Crippen molar-refractivity contribution in [1.82, 2.24) is 9.88 Å². The Morgan fingerprint density at radius 2 is 2.17 bits per heavy atom. The van der Waals surface area contributed by atoms with Crippen LogP contribution in [0.15, 0.2) is 18.3 Å². The normalized spacial score (nSPS) is 26.7. The van der Waals surface area contributed by atoms with Gasteiger partial charge in [-0.25, -0.2) is 4.98 Å². The molecule has 2 aliphatic rings. The minimum absolute atomic E-state index is 0.172. The van der Waals surface area contributed by atoms with Gasteiger partial charge in [0.25, 0.3) is 0 Å². The Morgan fingerprint density at radius 1 is 1.38 bits per heavy atom. The number of likely N-dealkylation sites (tertiary alicyclic amines) is 1.